The van der Waals surface area contributed by atoms with Crippen LogP contribution in [0.25, 0.3) is 0 Å². The molecule has 0 radical (unpaired) electrons. The lowest BCUT2D eigenvalue weighted by molar-refractivity contribution is -0.140. The van der Waals surface area contributed by atoms with Gasteiger partial charge < -0.3 is 32.3 Å². The molecule has 11 heteroatoms. The number of para-hydroxylation sites is 1. The molecule has 32 heavy (non-hydrogen) atoms. The van der Waals surface area contributed by atoms with E-state index in [9.17, 15) is 28.2 Å². The van der Waals surface area contributed by atoms with Crippen molar-refractivity contribution in [2.24, 2.45) is 11.5 Å². The van der Waals surface area contributed by atoms with Crippen LogP contribution in [-0.2, 0) is 21.2 Å². The number of primary amides is 1. The Kier molecular flexibility index (Phi) is 7.75. The van der Waals surface area contributed by atoms with Gasteiger partial charge in [-0.2, -0.15) is 0 Å². The van der Waals surface area contributed by atoms with E-state index in [1.807, 2.05) is 0 Å². The third-order valence-corrected chi connectivity index (χ3v) is 7.10. The van der Waals surface area contributed by atoms with Crippen LogP contribution in [0.3, 0.4) is 0 Å². The fourth-order valence-electron chi connectivity index (χ4n) is 2.90. The minimum Gasteiger partial charge on any atom is -0.377 e. The third kappa shape index (κ3) is 5.32. The van der Waals surface area contributed by atoms with E-state index in [0.717, 1.165) is 18.6 Å². The molecular formula is C21H26N4O6S. The lowest BCUT2D eigenvalue weighted by Gasteiger charge is -2.28. The van der Waals surface area contributed by atoms with Crippen molar-refractivity contribution in [3.63, 3.8) is 0 Å². The van der Waals surface area contributed by atoms with Crippen LogP contribution in [0, 0.1) is 0 Å². The van der Waals surface area contributed by atoms with Gasteiger partial charge in [-0.1, -0.05) is 36.4 Å². The Bertz CT molecular complexity index is 1100. The van der Waals surface area contributed by atoms with E-state index in [4.69, 9.17) is 11.5 Å². The number of urea groups is 1. The van der Waals surface area contributed by atoms with Gasteiger partial charge in [0.2, 0.25) is 0 Å². The molecule has 0 fully saturated rings. The van der Waals surface area contributed by atoms with Gasteiger partial charge in [-0.05, 0) is 36.2 Å². The van der Waals surface area contributed by atoms with E-state index in [-0.39, 0.29) is 12.1 Å². The Morgan fingerprint density at radius 1 is 1.16 bits per heavy atom. The second-order valence-corrected chi connectivity index (χ2v) is 9.30. The normalized spacial score (nSPS) is 15.1. The quantitative estimate of drug-likeness (QED) is 0.300. The summed E-state index contributed by atoms with van der Waals surface area (Å²) in [5.74, 6) is -1.39. The van der Waals surface area contributed by atoms with Crippen molar-refractivity contribution in [1.29, 1.82) is 0 Å². The van der Waals surface area contributed by atoms with Crippen LogP contribution >= 0.6 is 0 Å². The SMILES string of the molecule is C=CC(c1ccc(NC(=O)Nc2ccccc2CN)cc1)S(=O)(=O)C(O)C(C)(O)C(N)=O. The number of amides is 3. The van der Waals surface area contributed by atoms with Gasteiger partial charge in [0.1, 0.15) is 5.25 Å². The lowest BCUT2D eigenvalue weighted by atomic mass is 10.1. The second-order valence-electron chi connectivity index (χ2n) is 7.17. The first-order chi connectivity index (χ1) is 14.9. The first-order valence-corrected chi connectivity index (χ1v) is 11.1. The Labute approximate surface area is 185 Å². The fraction of sp³-hybridized carbons (Fsp3) is 0.238. The Hall–Kier alpha value is -3.25. The van der Waals surface area contributed by atoms with Crippen molar-refractivity contribution in [2.45, 2.75) is 29.8 Å². The number of hydrogen-bond donors (Lipinski definition) is 6. The molecule has 172 valence electrons. The van der Waals surface area contributed by atoms with Crippen LogP contribution in [0.2, 0.25) is 0 Å². The predicted molar refractivity (Wildman–Crippen MR) is 121 cm³/mol. The summed E-state index contributed by atoms with van der Waals surface area (Å²) in [6, 6.07) is 12.2. The Balaban J connectivity index is 2.18. The number of rotatable bonds is 9. The van der Waals surface area contributed by atoms with Crippen LogP contribution in [0.15, 0.2) is 61.2 Å². The van der Waals surface area contributed by atoms with Gasteiger partial charge in [-0.3, -0.25) is 4.79 Å². The number of carbonyl (C=O) groups is 2. The van der Waals surface area contributed by atoms with Gasteiger partial charge in [-0.15, -0.1) is 6.58 Å². The van der Waals surface area contributed by atoms with Crippen molar-refractivity contribution < 1.29 is 28.2 Å². The van der Waals surface area contributed by atoms with E-state index in [2.05, 4.69) is 17.2 Å². The summed E-state index contributed by atoms with van der Waals surface area (Å²) in [5, 5.41) is 24.0. The van der Waals surface area contributed by atoms with Crippen LogP contribution in [0.4, 0.5) is 16.2 Å². The van der Waals surface area contributed by atoms with E-state index in [1.165, 1.54) is 24.3 Å². The summed E-state index contributed by atoms with van der Waals surface area (Å²) in [6.45, 7) is 4.53. The molecule has 0 saturated heterocycles. The number of nitrogens with two attached hydrogens (primary N) is 2. The maximum Gasteiger partial charge on any atom is 0.323 e. The molecular weight excluding hydrogens is 436 g/mol. The second kappa shape index (κ2) is 9.92. The molecule has 0 heterocycles. The zero-order valence-corrected chi connectivity index (χ0v) is 18.2. The molecule has 0 aliphatic rings. The molecule has 0 saturated carbocycles. The van der Waals surface area contributed by atoms with E-state index in [0.29, 0.717) is 11.4 Å². The number of carbonyl (C=O) groups excluding carboxylic acids is 2. The lowest BCUT2D eigenvalue weighted by Crippen LogP contribution is -2.54. The van der Waals surface area contributed by atoms with Crippen LogP contribution in [0.5, 0.6) is 0 Å². The van der Waals surface area contributed by atoms with Gasteiger partial charge in [0.05, 0.1) is 0 Å². The average molecular weight is 463 g/mol. The summed E-state index contributed by atoms with van der Waals surface area (Å²) in [5.41, 5.74) is 7.34. The van der Waals surface area contributed by atoms with E-state index >= 15 is 0 Å². The molecule has 2 aromatic rings. The zero-order valence-electron chi connectivity index (χ0n) is 17.4. The molecule has 0 spiro atoms. The van der Waals surface area contributed by atoms with E-state index < -0.39 is 38.1 Å². The number of hydrogen-bond acceptors (Lipinski definition) is 7. The van der Waals surface area contributed by atoms with Crippen molar-refractivity contribution in [1.82, 2.24) is 0 Å². The highest BCUT2D eigenvalue weighted by atomic mass is 32.2. The molecule has 0 aliphatic heterocycles. The van der Waals surface area contributed by atoms with E-state index in [1.54, 1.807) is 24.3 Å². The topological polar surface area (TPSA) is 185 Å². The van der Waals surface area contributed by atoms with Crippen LogP contribution < -0.4 is 22.1 Å². The van der Waals surface area contributed by atoms with Gasteiger partial charge in [-0.25, -0.2) is 13.2 Å². The summed E-state index contributed by atoms with van der Waals surface area (Å²) in [7, 11) is -4.52. The van der Waals surface area contributed by atoms with Crippen molar-refractivity contribution in [3.8, 4) is 0 Å². The minimum atomic E-state index is -4.52. The van der Waals surface area contributed by atoms with Gasteiger partial charge in [0.15, 0.2) is 20.9 Å². The fourth-order valence-corrected chi connectivity index (χ4v) is 4.74. The molecule has 0 aliphatic carbocycles. The molecule has 3 amide bonds. The molecule has 2 aromatic carbocycles. The smallest absolute Gasteiger partial charge is 0.323 e. The van der Waals surface area contributed by atoms with Crippen molar-refractivity contribution in [3.05, 3.63) is 72.3 Å². The number of nitrogens with one attached hydrogen (secondary N) is 2. The highest BCUT2D eigenvalue weighted by molar-refractivity contribution is 7.92. The number of benzene rings is 2. The predicted octanol–water partition coefficient (Wildman–Crippen LogP) is 0.986. The number of sulfone groups is 1. The maximum atomic E-state index is 12.8. The summed E-state index contributed by atoms with van der Waals surface area (Å²) in [6.07, 6.45) is 1.05. The molecule has 8 N–H and O–H groups in total. The summed E-state index contributed by atoms with van der Waals surface area (Å²) >= 11 is 0. The molecule has 2 rings (SSSR count). The molecule has 10 nitrogen and oxygen atoms in total. The largest absolute Gasteiger partial charge is 0.377 e. The van der Waals surface area contributed by atoms with Gasteiger partial charge >= 0.3 is 6.03 Å². The Morgan fingerprint density at radius 3 is 2.28 bits per heavy atom. The summed E-state index contributed by atoms with van der Waals surface area (Å²) < 4.78 is 25.5. The first kappa shape index (κ1) is 25.0. The standard InChI is InChI=1S/C21H26N4O6S/c1-3-17(32(30,31)19(27)21(2,29)18(23)26)13-8-10-15(11-9-13)24-20(28)25-16-7-5-4-6-14(16)12-22/h3-11,17,19,27,29H,1,12,22H2,2H3,(H2,23,26)(H2,24,25,28). The molecule has 0 aromatic heterocycles. The van der Waals surface area contributed by atoms with Gasteiger partial charge in [0.25, 0.3) is 5.91 Å². The highest BCUT2D eigenvalue weighted by Gasteiger charge is 2.47. The Morgan fingerprint density at radius 2 is 1.75 bits per heavy atom. The zero-order chi connectivity index (χ0) is 24.1. The number of anilines is 2. The monoisotopic (exact) mass is 462 g/mol. The average Bonchev–Trinajstić information content (AvgIpc) is 2.74. The van der Waals surface area contributed by atoms with Crippen LogP contribution in [-0.4, -0.2) is 41.6 Å². The van der Waals surface area contributed by atoms with Crippen molar-refractivity contribution in [2.75, 3.05) is 10.6 Å². The molecule has 3 atom stereocenters. The van der Waals surface area contributed by atoms with Crippen molar-refractivity contribution >= 4 is 33.2 Å². The maximum absolute atomic E-state index is 12.8. The number of aliphatic hydroxyl groups excluding tert-OH is 1. The minimum absolute atomic E-state index is 0.193. The number of aliphatic hydroxyl groups is 2. The molecule has 0 bridgehead atoms. The van der Waals surface area contributed by atoms with Crippen LogP contribution in [0.1, 0.15) is 23.3 Å². The molecule has 3 unspecified atom stereocenters. The highest BCUT2D eigenvalue weighted by Crippen LogP contribution is 2.31. The first-order valence-electron chi connectivity index (χ1n) is 9.46. The third-order valence-electron chi connectivity index (χ3n) is 4.84. The summed E-state index contributed by atoms with van der Waals surface area (Å²) in [4.78, 5) is 23.6. The van der Waals surface area contributed by atoms with Gasteiger partial charge in [0, 0.05) is 17.9 Å².